The molecule has 1 aliphatic heterocycles. The monoisotopic (exact) mass is 254 g/mol. The molecule has 0 aromatic rings. The van der Waals surface area contributed by atoms with Crippen LogP contribution in [-0.2, 0) is 4.43 Å². The Hall–Kier alpha value is -0.126. The Labute approximate surface area is 103 Å². The van der Waals surface area contributed by atoms with Gasteiger partial charge < -0.3 is 4.43 Å². The molecule has 1 rings (SSSR count). The van der Waals surface area contributed by atoms with Gasteiger partial charge in [0.1, 0.15) is 0 Å². The molecule has 1 aliphatic rings. The van der Waals surface area contributed by atoms with E-state index in [9.17, 15) is 0 Å². The summed E-state index contributed by atoms with van der Waals surface area (Å²) in [7, 11) is -2.84. The Bertz CT molecular complexity index is 308. The molecule has 0 amide bonds. The fourth-order valence-electron chi connectivity index (χ4n) is 2.75. The van der Waals surface area contributed by atoms with Crippen LogP contribution in [0.15, 0.2) is 25.3 Å². The van der Waals surface area contributed by atoms with Crippen molar-refractivity contribution >= 4 is 15.4 Å². The first-order valence-corrected chi connectivity index (χ1v) is 13.1. The lowest BCUT2D eigenvalue weighted by Gasteiger charge is -2.58. The van der Waals surface area contributed by atoms with Crippen LogP contribution in [0.25, 0.3) is 0 Å². The highest BCUT2D eigenvalue weighted by Gasteiger charge is 2.59. The van der Waals surface area contributed by atoms with Gasteiger partial charge >= 0.3 is 0 Å². The second kappa shape index (κ2) is 3.68. The smallest absolute Gasteiger partial charge is 0.174 e. The predicted molar refractivity (Wildman–Crippen MR) is 77.8 cm³/mol. The second-order valence-electron chi connectivity index (χ2n) is 6.63. The van der Waals surface area contributed by atoms with Gasteiger partial charge in [-0.2, -0.15) is 0 Å². The van der Waals surface area contributed by atoms with Crippen molar-refractivity contribution in [2.24, 2.45) is 5.41 Å². The first-order valence-electron chi connectivity index (χ1n) is 6.01. The molecule has 0 bridgehead atoms. The van der Waals surface area contributed by atoms with Crippen LogP contribution in [0.5, 0.6) is 0 Å². The van der Waals surface area contributed by atoms with Crippen LogP contribution in [0.4, 0.5) is 0 Å². The number of rotatable bonds is 2. The molecule has 1 nitrogen and oxygen atoms in total. The predicted octanol–water partition coefficient (Wildman–Crippen LogP) is 4.15. The quantitative estimate of drug-likeness (QED) is 0.531. The summed E-state index contributed by atoms with van der Waals surface area (Å²) >= 11 is 0. The molecule has 0 saturated carbocycles. The highest BCUT2D eigenvalue weighted by Crippen LogP contribution is 2.51. The maximum Gasteiger partial charge on any atom is 0.174 e. The Balaban J connectivity index is 3.27. The van der Waals surface area contributed by atoms with Gasteiger partial charge in [0.2, 0.25) is 0 Å². The summed E-state index contributed by atoms with van der Waals surface area (Å²) in [6.45, 7) is 22.1. The normalized spacial score (nSPS) is 29.4. The Morgan fingerprint density at radius 3 is 1.88 bits per heavy atom. The van der Waals surface area contributed by atoms with E-state index in [0.29, 0.717) is 0 Å². The average molecular weight is 255 g/mol. The average Bonchev–Trinajstić information content (AvgIpc) is 2.10. The summed E-state index contributed by atoms with van der Waals surface area (Å²) in [5.74, 6) is 0. The topological polar surface area (TPSA) is 9.23 Å². The molecule has 0 aromatic heterocycles. The van der Waals surface area contributed by atoms with Gasteiger partial charge in [-0.3, -0.25) is 0 Å². The van der Waals surface area contributed by atoms with Crippen molar-refractivity contribution < 1.29 is 4.43 Å². The zero-order valence-corrected chi connectivity index (χ0v) is 13.7. The van der Waals surface area contributed by atoms with E-state index in [4.69, 9.17) is 4.43 Å². The molecule has 0 unspecified atom stereocenters. The highest BCUT2D eigenvalue weighted by molar-refractivity contribution is 7.38. The van der Waals surface area contributed by atoms with E-state index in [2.05, 4.69) is 65.3 Å². The summed E-state index contributed by atoms with van der Waals surface area (Å²) in [5, 5.41) is 0. The van der Waals surface area contributed by atoms with Crippen molar-refractivity contribution in [3.05, 3.63) is 25.3 Å². The van der Waals surface area contributed by atoms with E-state index in [-0.39, 0.29) is 11.0 Å². The van der Waals surface area contributed by atoms with Crippen molar-refractivity contribution in [3.63, 3.8) is 0 Å². The maximum absolute atomic E-state index is 6.53. The first-order chi connectivity index (χ1) is 7.04. The third kappa shape index (κ3) is 1.79. The van der Waals surface area contributed by atoms with Gasteiger partial charge in [-0.15, -0.1) is 13.2 Å². The Kier molecular flexibility index (Phi) is 3.21. The lowest BCUT2D eigenvalue weighted by molar-refractivity contribution is 0.0210. The van der Waals surface area contributed by atoms with Crippen LogP contribution in [0, 0.1) is 5.41 Å². The minimum atomic E-state index is -1.53. The minimum absolute atomic E-state index is 0.0504. The standard InChI is InChI=1S/C13H26OSi2/c1-9-13(10-2)11-15(5,6)16(7,8)14-12(13,3)4/h9-10H,1-2,11H2,3-8H3. The molecule has 0 radical (unpaired) electrons. The molecule has 3 heteroatoms. The molecule has 0 aromatic carbocycles. The molecule has 0 spiro atoms. The van der Waals surface area contributed by atoms with Crippen LogP contribution in [0.1, 0.15) is 13.8 Å². The summed E-state index contributed by atoms with van der Waals surface area (Å²) in [6, 6.07) is 1.22. The van der Waals surface area contributed by atoms with Crippen molar-refractivity contribution in [3.8, 4) is 0 Å². The fraction of sp³-hybridized carbons (Fsp3) is 0.692. The zero-order chi connectivity index (χ0) is 12.8. The molecular formula is C13H26OSi2. The number of hydrogen-bond acceptors (Lipinski definition) is 1. The third-order valence-corrected chi connectivity index (χ3v) is 21.1. The summed E-state index contributed by atoms with van der Waals surface area (Å²) in [4.78, 5) is 0. The van der Waals surface area contributed by atoms with Crippen molar-refractivity contribution in [2.45, 2.75) is 51.7 Å². The van der Waals surface area contributed by atoms with Crippen LogP contribution in [0.3, 0.4) is 0 Å². The third-order valence-electron chi connectivity index (χ3n) is 4.72. The van der Waals surface area contributed by atoms with Crippen LogP contribution < -0.4 is 0 Å². The van der Waals surface area contributed by atoms with Gasteiger partial charge in [0.05, 0.1) is 13.2 Å². The molecule has 1 saturated heterocycles. The lowest BCUT2D eigenvalue weighted by atomic mass is 9.75. The summed E-state index contributed by atoms with van der Waals surface area (Å²) in [5.41, 5.74) is -0.208. The van der Waals surface area contributed by atoms with Gasteiger partial charge in [-0.1, -0.05) is 25.2 Å². The van der Waals surface area contributed by atoms with Gasteiger partial charge in [0.15, 0.2) is 7.83 Å². The van der Waals surface area contributed by atoms with Crippen LogP contribution >= 0.6 is 0 Å². The summed E-state index contributed by atoms with van der Waals surface area (Å²) in [6.07, 6.45) is 4.11. The van der Waals surface area contributed by atoms with E-state index in [1.165, 1.54) is 6.04 Å². The maximum atomic E-state index is 6.53. The molecule has 0 aliphatic carbocycles. The number of hydrogen-bond donors (Lipinski definition) is 0. The van der Waals surface area contributed by atoms with Crippen LogP contribution in [0.2, 0.25) is 32.2 Å². The second-order valence-corrected chi connectivity index (χ2v) is 21.7. The van der Waals surface area contributed by atoms with Gasteiger partial charge in [-0.05, 0) is 33.0 Å². The van der Waals surface area contributed by atoms with Crippen molar-refractivity contribution in [2.75, 3.05) is 0 Å². The van der Waals surface area contributed by atoms with Crippen molar-refractivity contribution in [1.29, 1.82) is 0 Å². The van der Waals surface area contributed by atoms with E-state index in [1.807, 2.05) is 0 Å². The fourth-order valence-corrected chi connectivity index (χ4v) is 10.8. The molecule has 1 fully saturated rings. The van der Waals surface area contributed by atoms with Gasteiger partial charge in [-0.25, -0.2) is 0 Å². The Morgan fingerprint density at radius 1 is 1.06 bits per heavy atom. The van der Waals surface area contributed by atoms with E-state index in [1.54, 1.807) is 0 Å². The van der Waals surface area contributed by atoms with E-state index in [0.717, 1.165) is 0 Å². The molecule has 16 heavy (non-hydrogen) atoms. The molecule has 1 heterocycles. The highest BCUT2D eigenvalue weighted by atomic mass is 29.3. The molecular weight excluding hydrogens is 228 g/mol. The van der Waals surface area contributed by atoms with Crippen LogP contribution in [-0.4, -0.2) is 21.0 Å². The van der Waals surface area contributed by atoms with E-state index >= 15 is 0 Å². The molecule has 0 N–H and O–H groups in total. The van der Waals surface area contributed by atoms with Gasteiger partial charge in [0, 0.05) is 5.41 Å². The lowest BCUT2D eigenvalue weighted by Crippen LogP contribution is -2.69. The molecule has 0 atom stereocenters. The minimum Gasteiger partial charge on any atom is -0.414 e. The first kappa shape index (κ1) is 13.9. The zero-order valence-electron chi connectivity index (χ0n) is 11.7. The largest absolute Gasteiger partial charge is 0.414 e. The SMILES string of the molecule is C=CC1(C=C)C[Si](C)(C)[Si](C)(C)OC1(C)C. The summed E-state index contributed by atoms with van der Waals surface area (Å²) < 4.78 is 6.53. The van der Waals surface area contributed by atoms with E-state index < -0.39 is 15.4 Å². The Morgan fingerprint density at radius 2 is 1.50 bits per heavy atom. The van der Waals surface area contributed by atoms with Gasteiger partial charge in [0.25, 0.3) is 0 Å². The van der Waals surface area contributed by atoms with Crippen molar-refractivity contribution in [1.82, 2.24) is 0 Å². The molecule has 92 valence electrons.